The van der Waals surface area contributed by atoms with E-state index in [2.05, 4.69) is 0 Å². The van der Waals surface area contributed by atoms with E-state index in [0.717, 1.165) is 5.57 Å². The molecule has 0 radical (unpaired) electrons. The Morgan fingerprint density at radius 1 is 1.11 bits per heavy atom. The van der Waals surface area contributed by atoms with Crippen LogP contribution < -0.4 is 0 Å². The summed E-state index contributed by atoms with van der Waals surface area (Å²) in [4.78, 5) is 53.5. The summed E-state index contributed by atoms with van der Waals surface area (Å²) in [5.41, 5.74) is -0.869. The first-order chi connectivity index (χ1) is 16.5. The van der Waals surface area contributed by atoms with Crippen LogP contribution in [0.1, 0.15) is 50.9 Å². The van der Waals surface area contributed by atoms with Crippen LogP contribution in [0, 0.1) is 34.5 Å². The molecular weight excluding hydrogens is 448 g/mol. The van der Waals surface area contributed by atoms with E-state index < -0.39 is 28.8 Å². The fraction of sp³-hybridized carbons (Fsp3) is 0.500. The average Bonchev–Trinajstić information content (AvgIpc) is 2.82. The zero-order chi connectivity index (χ0) is 25.3. The van der Waals surface area contributed by atoms with Crippen molar-refractivity contribution in [2.24, 2.45) is 34.5 Å². The van der Waals surface area contributed by atoms with Crippen LogP contribution in [-0.2, 0) is 28.6 Å². The minimum Gasteiger partial charge on any atom is -0.493 e. The normalized spacial score (nSPS) is 38.1. The van der Waals surface area contributed by atoms with Crippen molar-refractivity contribution in [3.8, 4) is 0 Å². The van der Waals surface area contributed by atoms with Crippen LogP contribution in [-0.4, -0.2) is 36.7 Å². The van der Waals surface area contributed by atoms with Crippen molar-refractivity contribution in [2.75, 3.05) is 7.11 Å². The first-order valence-electron chi connectivity index (χ1n) is 12.1. The number of rotatable bonds is 3. The molecule has 0 bridgehead atoms. The molecule has 1 aromatic carbocycles. The Labute approximate surface area is 204 Å². The maximum atomic E-state index is 14.1. The highest BCUT2D eigenvalue weighted by Crippen LogP contribution is 2.67. The van der Waals surface area contributed by atoms with E-state index in [-0.39, 0.29) is 53.2 Å². The van der Waals surface area contributed by atoms with E-state index >= 15 is 0 Å². The molecule has 1 heterocycles. The molecule has 184 valence electrons. The van der Waals surface area contributed by atoms with Crippen LogP contribution >= 0.6 is 0 Å². The third kappa shape index (κ3) is 3.09. The Morgan fingerprint density at radius 2 is 1.80 bits per heavy atom. The number of fused-ring (bicyclic) bond motifs is 2. The van der Waals surface area contributed by atoms with E-state index in [1.54, 1.807) is 36.4 Å². The molecular formula is C28H30O7. The molecule has 1 saturated carbocycles. The van der Waals surface area contributed by atoms with Gasteiger partial charge in [-0.3, -0.25) is 14.4 Å². The van der Waals surface area contributed by atoms with Crippen LogP contribution in [0.4, 0.5) is 0 Å². The number of hydrogen-bond donors (Lipinski definition) is 0. The maximum Gasteiger partial charge on any atom is 0.343 e. The van der Waals surface area contributed by atoms with Crippen molar-refractivity contribution in [2.45, 2.75) is 46.6 Å². The van der Waals surface area contributed by atoms with Gasteiger partial charge in [-0.25, -0.2) is 4.79 Å². The van der Waals surface area contributed by atoms with Gasteiger partial charge < -0.3 is 14.2 Å². The van der Waals surface area contributed by atoms with Crippen molar-refractivity contribution in [1.82, 2.24) is 0 Å². The molecule has 7 nitrogen and oxygen atoms in total. The Balaban J connectivity index is 1.62. The van der Waals surface area contributed by atoms with E-state index in [9.17, 15) is 19.2 Å². The Morgan fingerprint density at radius 3 is 2.46 bits per heavy atom. The lowest BCUT2D eigenvalue weighted by molar-refractivity contribution is -0.217. The summed E-state index contributed by atoms with van der Waals surface area (Å²) in [5, 5.41) is 0. The highest BCUT2D eigenvalue weighted by Gasteiger charge is 2.72. The Kier molecular flexibility index (Phi) is 5.31. The van der Waals surface area contributed by atoms with Gasteiger partial charge in [-0.15, -0.1) is 0 Å². The predicted molar refractivity (Wildman–Crippen MR) is 125 cm³/mol. The fourth-order valence-corrected chi connectivity index (χ4v) is 7.46. The number of Topliss-reactive ketones (excluding diaryl/α,β-unsaturated/α-hetero) is 2. The highest BCUT2D eigenvalue weighted by molar-refractivity contribution is 6.08. The van der Waals surface area contributed by atoms with Gasteiger partial charge in [-0.1, -0.05) is 39.0 Å². The second-order valence-corrected chi connectivity index (χ2v) is 10.7. The SMILES string of the molecule is COC1=C(C)[C@@H]2CC(=O)O[C@@H]3C[C@H]4[C@H](C)C=C(OC(=O)c5ccccc5)C(=O)[C@]4(C)[C@@H](C1=O)[C@@]32C. The highest BCUT2D eigenvalue weighted by atomic mass is 16.5. The van der Waals surface area contributed by atoms with Crippen LogP contribution in [0.3, 0.4) is 0 Å². The smallest absolute Gasteiger partial charge is 0.343 e. The first kappa shape index (κ1) is 23.5. The summed E-state index contributed by atoms with van der Waals surface area (Å²) in [6.45, 7) is 7.54. The van der Waals surface area contributed by atoms with Gasteiger partial charge >= 0.3 is 11.9 Å². The van der Waals surface area contributed by atoms with Gasteiger partial charge in [-0.2, -0.15) is 0 Å². The van der Waals surface area contributed by atoms with Crippen LogP contribution in [0.5, 0.6) is 0 Å². The zero-order valence-electron chi connectivity index (χ0n) is 20.6. The molecule has 7 heteroatoms. The van der Waals surface area contributed by atoms with Crippen LogP contribution in [0.2, 0.25) is 0 Å². The molecule has 0 amide bonds. The van der Waals surface area contributed by atoms with Gasteiger partial charge in [0.1, 0.15) is 6.10 Å². The lowest BCUT2D eigenvalue weighted by atomic mass is 9.40. The predicted octanol–water partition coefficient (Wildman–Crippen LogP) is 4.03. The van der Waals surface area contributed by atoms with Gasteiger partial charge in [0, 0.05) is 22.7 Å². The Bertz CT molecular complexity index is 1190. The summed E-state index contributed by atoms with van der Waals surface area (Å²) in [6.07, 6.45) is 1.77. The molecule has 7 atom stereocenters. The van der Waals surface area contributed by atoms with Crippen molar-refractivity contribution in [3.63, 3.8) is 0 Å². The van der Waals surface area contributed by atoms with Gasteiger partial charge in [0.05, 0.1) is 19.1 Å². The van der Waals surface area contributed by atoms with E-state index in [1.807, 2.05) is 27.7 Å². The second-order valence-electron chi connectivity index (χ2n) is 10.7. The third-order valence-corrected chi connectivity index (χ3v) is 9.09. The molecule has 1 aliphatic heterocycles. The van der Waals surface area contributed by atoms with Gasteiger partial charge in [0.15, 0.2) is 11.5 Å². The quantitative estimate of drug-likeness (QED) is 0.605. The maximum absolute atomic E-state index is 14.1. The van der Waals surface area contributed by atoms with E-state index in [0.29, 0.717) is 12.0 Å². The molecule has 0 spiro atoms. The molecule has 4 aliphatic rings. The number of benzene rings is 1. The number of carbonyl (C=O) groups excluding carboxylic acids is 4. The van der Waals surface area contributed by atoms with Crippen molar-refractivity contribution in [1.29, 1.82) is 0 Å². The van der Waals surface area contributed by atoms with Crippen molar-refractivity contribution < 1.29 is 33.4 Å². The minimum atomic E-state index is -1.16. The molecule has 2 fully saturated rings. The standard InChI is InChI=1S/C28H30O7/c1-14-11-19(34-26(32)16-9-7-6-8-10-16)25(31)28(4)17(14)12-20-27(3)18(13-21(29)35-20)15(2)23(33-5)22(30)24(27)28/h6-11,14,17-18,20,24H,12-13H2,1-5H3/t14-,17+,18+,20-,24+,27-,28+/m1/s1. The lowest BCUT2D eigenvalue weighted by Gasteiger charge is -2.64. The zero-order valence-corrected chi connectivity index (χ0v) is 20.6. The molecule has 35 heavy (non-hydrogen) atoms. The van der Waals surface area contributed by atoms with Gasteiger partial charge in [0.25, 0.3) is 0 Å². The minimum absolute atomic E-state index is 0.0328. The molecule has 0 aromatic heterocycles. The number of carbonyl (C=O) groups is 4. The monoisotopic (exact) mass is 478 g/mol. The number of allylic oxidation sites excluding steroid dienone is 4. The lowest BCUT2D eigenvalue weighted by Crippen LogP contribution is -2.69. The first-order valence-corrected chi connectivity index (χ1v) is 12.1. The largest absolute Gasteiger partial charge is 0.493 e. The van der Waals surface area contributed by atoms with Crippen molar-refractivity contribution >= 4 is 23.5 Å². The molecule has 1 aromatic rings. The fourth-order valence-electron chi connectivity index (χ4n) is 7.46. The van der Waals surface area contributed by atoms with Crippen molar-refractivity contribution in [3.05, 3.63) is 59.1 Å². The summed E-state index contributed by atoms with van der Waals surface area (Å²) in [5.74, 6) is -2.89. The molecule has 5 rings (SSSR count). The molecule has 0 unspecified atom stereocenters. The number of hydrogen-bond acceptors (Lipinski definition) is 7. The summed E-state index contributed by atoms with van der Waals surface area (Å²) >= 11 is 0. The second kappa shape index (κ2) is 7.90. The summed E-state index contributed by atoms with van der Waals surface area (Å²) in [7, 11) is 1.44. The number of ether oxygens (including phenoxy) is 3. The summed E-state index contributed by atoms with van der Waals surface area (Å²) in [6, 6.07) is 8.49. The number of esters is 2. The third-order valence-electron chi connectivity index (χ3n) is 9.09. The van der Waals surface area contributed by atoms with Crippen LogP contribution in [0.15, 0.2) is 53.5 Å². The average molecular weight is 479 g/mol. The number of methoxy groups -OCH3 is 1. The molecule has 0 N–H and O–H groups in total. The Hall–Kier alpha value is -3.22. The summed E-state index contributed by atoms with van der Waals surface area (Å²) < 4.78 is 17.0. The van der Waals surface area contributed by atoms with E-state index in [1.165, 1.54) is 7.11 Å². The number of ketones is 2. The molecule has 1 saturated heterocycles. The van der Waals surface area contributed by atoms with E-state index in [4.69, 9.17) is 14.2 Å². The molecule has 3 aliphatic carbocycles. The van der Waals surface area contributed by atoms with Crippen LogP contribution in [0.25, 0.3) is 0 Å². The topological polar surface area (TPSA) is 96.0 Å². The van der Waals surface area contributed by atoms with Gasteiger partial charge in [0.2, 0.25) is 11.6 Å². The van der Waals surface area contributed by atoms with Gasteiger partial charge in [-0.05, 0) is 49.0 Å².